The molecule has 5 heteroatoms. The molecule has 4 nitrogen and oxygen atoms in total. The fraction of sp³-hybridized carbons (Fsp3) is 0.346. The van der Waals surface area contributed by atoms with Crippen molar-refractivity contribution in [3.8, 4) is 17.1 Å². The van der Waals surface area contributed by atoms with Crippen LogP contribution in [-0.2, 0) is 12.8 Å². The lowest BCUT2D eigenvalue weighted by Gasteiger charge is -2.07. The number of aryl methyl sites for hydroxylation is 2. The van der Waals surface area contributed by atoms with Crippen LogP contribution in [0.5, 0.6) is 5.88 Å². The van der Waals surface area contributed by atoms with Crippen LogP contribution in [0.2, 0.25) is 0 Å². The van der Waals surface area contributed by atoms with Crippen molar-refractivity contribution in [1.29, 1.82) is 0 Å². The number of aromatic nitrogens is 2. The lowest BCUT2D eigenvalue weighted by atomic mass is 10.0. The smallest absolute Gasteiger partial charge is 0.347 e. The molecule has 0 spiro atoms. The van der Waals surface area contributed by atoms with Crippen LogP contribution in [-0.4, -0.2) is 15.9 Å². The Morgan fingerprint density at radius 2 is 1.58 bits per heavy atom. The van der Waals surface area contributed by atoms with Crippen molar-refractivity contribution in [2.24, 2.45) is 0 Å². The highest BCUT2D eigenvalue weighted by Crippen LogP contribution is 2.20. The number of hydrogen-bond donors (Lipinski definition) is 0. The normalized spacial score (nSPS) is 10.8. The van der Waals surface area contributed by atoms with Crippen LogP contribution in [0.1, 0.15) is 67.4 Å². The van der Waals surface area contributed by atoms with Gasteiger partial charge in [-0.05, 0) is 48.9 Å². The molecule has 0 bridgehead atoms. The largest absolute Gasteiger partial charge is 0.402 e. The molecule has 0 saturated carbocycles. The molecule has 1 aromatic heterocycles. The van der Waals surface area contributed by atoms with Gasteiger partial charge in [0, 0.05) is 5.56 Å². The molecular formula is C26H29FN2O2. The van der Waals surface area contributed by atoms with Crippen molar-refractivity contribution in [2.75, 3.05) is 0 Å². The maximum Gasteiger partial charge on any atom is 0.347 e. The zero-order chi connectivity index (χ0) is 22.1. The second-order valence-corrected chi connectivity index (χ2v) is 7.70. The molecule has 2 aromatic carbocycles. The minimum Gasteiger partial charge on any atom is -0.402 e. The van der Waals surface area contributed by atoms with Gasteiger partial charge in [0.15, 0.2) is 0 Å². The van der Waals surface area contributed by atoms with E-state index in [4.69, 9.17) is 4.74 Å². The van der Waals surface area contributed by atoms with Crippen LogP contribution in [0.4, 0.5) is 4.39 Å². The first-order valence-corrected chi connectivity index (χ1v) is 11.0. The Bertz CT molecular complexity index is 985. The van der Waals surface area contributed by atoms with Gasteiger partial charge in [-0.1, -0.05) is 63.4 Å². The van der Waals surface area contributed by atoms with E-state index in [0.717, 1.165) is 36.8 Å². The predicted octanol–water partition coefficient (Wildman–Crippen LogP) is 6.58. The molecule has 0 aliphatic carbocycles. The minimum atomic E-state index is -0.780. The summed E-state index contributed by atoms with van der Waals surface area (Å²) < 4.78 is 19.5. The molecule has 0 unspecified atom stereocenters. The summed E-state index contributed by atoms with van der Waals surface area (Å²) in [4.78, 5) is 20.8. The third kappa shape index (κ3) is 6.45. The number of rotatable bonds is 10. The van der Waals surface area contributed by atoms with Crippen LogP contribution in [0.15, 0.2) is 54.9 Å². The number of halogens is 1. The van der Waals surface area contributed by atoms with Crippen LogP contribution in [0.25, 0.3) is 11.3 Å². The number of esters is 1. The number of ether oxygens (including phenoxy) is 1. The predicted molar refractivity (Wildman–Crippen MR) is 121 cm³/mol. The monoisotopic (exact) mass is 420 g/mol. The van der Waals surface area contributed by atoms with Crippen LogP contribution < -0.4 is 4.74 Å². The van der Waals surface area contributed by atoms with Crippen molar-refractivity contribution >= 4 is 5.97 Å². The fourth-order valence-corrected chi connectivity index (χ4v) is 3.35. The molecule has 3 rings (SSSR count). The lowest BCUT2D eigenvalue weighted by Crippen LogP contribution is -2.12. The van der Waals surface area contributed by atoms with Gasteiger partial charge in [-0.3, -0.25) is 0 Å². The molecular weight excluding hydrogens is 391 g/mol. The van der Waals surface area contributed by atoms with Gasteiger partial charge in [0.1, 0.15) is 5.82 Å². The molecule has 0 aliphatic rings. The van der Waals surface area contributed by atoms with Crippen molar-refractivity contribution < 1.29 is 13.9 Å². The maximum atomic E-state index is 14.3. The van der Waals surface area contributed by atoms with E-state index in [2.05, 4.69) is 35.9 Å². The van der Waals surface area contributed by atoms with Crippen LogP contribution in [0, 0.1) is 5.82 Å². The van der Waals surface area contributed by atoms with Gasteiger partial charge in [0.2, 0.25) is 5.88 Å². The Labute approximate surface area is 183 Å². The Balaban J connectivity index is 1.62. The van der Waals surface area contributed by atoms with E-state index in [0.29, 0.717) is 5.69 Å². The first kappa shape index (κ1) is 22.6. The zero-order valence-corrected chi connectivity index (χ0v) is 18.2. The molecule has 31 heavy (non-hydrogen) atoms. The molecule has 0 N–H and O–H groups in total. The van der Waals surface area contributed by atoms with E-state index >= 15 is 0 Å². The number of nitrogens with zero attached hydrogens (tertiary/aromatic N) is 2. The average Bonchev–Trinajstić information content (AvgIpc) is 2.79. The van der Waals surface area contributed by atoms with Gasteiger partial charge in [0.25, 0.3) is 0 Å². The first-order chi connectivity index (χ1) is 15.1. The van der Waals surface area contributed by atoms with Gasteiger partial charge in [0.05, 0.1) is 23.7 Å². The van der Waals surface area contributed by atoms with Gasteiger partial charge >= 0.3 is 5.97 Å². The Morgan fingerprint density at radius 1 is 0.871 bits per heavy atom. The molecule has 0 saturated heterocycles. The summed E-state index contributed by atoms with van der Waals surface area (Å²) in [6.45, 7) is 4.28. The van der Waals surface area contributed by atoms with E-state index in [-0.39, 0.29) is 11.4 Å². The number of hydrogen-bond acceptors (Lipinski definition) is 4. The molecule has 0 fully saturated rings. The summed E-state index contributed by atoms with van der Waals surface area (Å²) in [7, 11) is 0. The highest BCUT2D eigenvalue weighted by atomic mass is 19.1. The summed E-state index contributed by atoms with van der Waals surface area (Å²) in [6, 6.07) is 12.9. The molecule has 1 heterocycles. The number of benzene rings is 2. The van der Waals surface area contributed by atoms with Crippen LogP contribution >= 0.6 is 0 Å². The Morgan fingerprint density at radius 3 is 2.23 bits per heavy atom. The van der Waals surface area contributed by atoms with E-state index in [1.807, 2.05) is 12.1 Å². The Kier molecular flexibility index (Phi) is 8.27. The van der Waals surface area contributed by atoms with Crippen molar-refractivity contribution in [1.82, 2.24) is 9.97 Å². The fourth-order valence-electron chi connectivity index (χ4n) is 3.35. The SMILES string of the molecule is CCCCCc1ccc(-c2cnc(OC(=O)c3ccc(CCCC)cc3F)cn2)cc1. The average molecular weight is 421 g/mol. The maximum absolute atomic E-state index is 14.3. The van der Waals surface area contributed by atoms with Gasteiger partial charge in [-0.15, -0.1) is 0 Å². The number of unbranched alkanes of at least 4 members (excludes halogenated alkanes) is 3. The highest BCUT2D eigenvalue weighted by Gasteiger charge is 2.15. The van der Waals surface area contributed by atoms with Gasteiger partial charge < -0.3 is 4.74 Å². The highest BCUT2D eigenvalue weighted by molar-refractivity contribution is 5.91. The molecule has 0 amide bonds. The molecule has 0 aliphatic heterocycles. The third-order valence-electron chi connectivity index (χ3n) is 5.22. The van der Waals surface area contributed by atoms with Crippen LogP contribution in [0.3, 0.4) is 0 Å². The zero-order valence-electron chi connectivity index (χ0n) is 18.2. The Hall–Kier alpha value is -3.08. The van der Waals surface area contributed by atoms with E-state index in [1.165, 1.54) is 43.2 Å². The van der Waals surface area contributed by atoms with Gasteiger partial charge in [-0.2, -0.15) is 0 Å². The molecule has 0 atom stereocenters. The topological polar surface area (TPSA) is 52.1 Å². The summed E-state index contributed by atoms with van der Waals surface area (Å²) >= 11 is 0. The van der Waals surface area contributed by atoms with Gasteiger partial charge in [-0.25, -0.2) is 19.2 Å². The number of carbonyl (C=O) groups excluding carboxylic acids is 1. The second-order valence-electron chi connectivity index (χ2n) is 7.70. The quantitative estimate of drug-likeness (QED) is 0.275. The summed E-state index contributed by atoms with van der Waals surface area (Å²) in [5.74, 6) is -1.32. The minimum absolute atomic E-state index is 0.0411. The van der Waals surface area contributed by atoms with E-state index in [9.17, 15) is 9.18 Å². The second kappa shape index (κ2) is 11.3. The summed E-state index contributed by atoms with van der Waals surface area (Å²) in [5, 5.41) is 0. The first-order valence-electron chi connectivity index (χ1n) is 11.0. The molecule has 0 radical (unpaired) electrons. The third-order valence-corrected chi connectivity index (χ3v) is 5.22. The van der Waals surface area contributed by atoms with E-state index in [1.54, 1.807) is 12.3 Å². The molecule has 3 aromatic rings. The van der Waals surface area contributed by atoms with Crippen molar-refractivity contribution in [2.45, 2.75) is 58.8 Å². The van der Waals surface area contributed by atoms with Crippen molar-refractivity contribution in [3.05, 3.63) is 77.4 Å². The van der Waals surface area contributed by atoms with E-state index < -0.39 is 11.8 Å². The lowest BCUT2D eigenvalue weighted by molar-refractivity contribution is 0.0722. The summed E-state index contributed by atoms with van der Waals surface area (Å²) in [6.07, 6.45) is 10.4. The number of carbonyl (C=O) groups is 1. The summed E-state index contributed by atoms with van der Waals surface area (Å²) in [5.41, 5.74) is 3.70. The van der Waals surface area contributed by atoms with Crippen molar-refractivity contribution in [3.63, 3.8) is 0 Å². The molecule has 162 valence electrons. The standard InChI is InChI=1S/C26H29FN2O2/c1-3-5-7-9-19-10-13-21(14-11-19)24-17-29-25(18-28-24)31-26(30)22-15-12-20(8-6-4-2)16-23(22)27/h10-18H,3-9H2,1-2H3.